The molecule has 0 spiro atoms. The molecule has 0 saturated carbocycles. The summed E-state index contributed by atoms with van der Waals surface area (Å²) in [7, 11) is 3.06. The maximum atomic E-state index is 13.9. The predicted molar refractivity (Wildman–Crippen MR) is 140 cm³/mol. The van der Waals surface area contributed by atoms with Crippen molar-refractivity contribution in [2.75, 3.05) is 27.4 Å². The number of carbonyl (C=O) groups excluding carboxylic acids is 1. The molecule has 8 atom stereocenters. The summed E-state index contributed by atoms with van der Waals surface area (Å²) >= 11 is 0. The largest absolute Gasteiger partial charge is 0.493 e. The number of Topliss-reactive ketones (excluding diaryl/α,β-unsaturated/α-hetero) is 1. The fourth-order valence-corrected chi connectivity index (χ4v) is 5.99. The van der Waals surface area contributed by atoms with Crippen molar-refractivity contribution >= 4 is 5.78 Å². The van der Waals surface area contributed by atoms with Gasteiger partial charge in [-0.15, -0.1) is 0 Å². The Morgan fingerprint density at radius 1 is 0.976 bits per heavy atom. The standard InChI is InChI=1S/C29H34O12/c1-29(2,41-28-26(34)25(33)24(32)19(10-30)40-28)21-8-14-15(38-21)6-5-12-23(31)22-13-7-17(35-3)18(36-4)9-16(13)37-11-20(22)39-27(12)14/h5-7,9,19-22,24-26,28,30,32-34H,8,10-11H2,1-4H3. The Morgan fingerprint density at radius 2 is 1.71 bits per heavy atom. The summed E-state index contributed by atoms with van der Waals surface area (Å²) in [5.41, 5.74) is 0.745. The quantitative estimate of drug-likeness (QED) is 0.383. The van der Waals surface area contributed by atoms with Gasteiger partial charge < -0.3 is 53.6 Å². The first-order valence-electron chi connectivity index (χ1n) is 13.5. The monoisotopic (exact) mass is 574 g/mol. The third-order valence-corrected chi connectivity index (χ3v) is 8.36. The fraction of sp³-hybridized carbons (Fsp3) is 0.552. The second-order valence-corrected chi connectivity index (χ2v) is 11.2. The van der Waals surface area contributed by atoms with Crippen molar-refractivity contribution in [3.05, 3.63) is 41.0 Å². The van der Waals surface area contributed by atoms with Gasteiger partial charge in [-0.1, -0.05) is 0 Å². The van der Waals surface area contributed by atoms with Crippen LogP contribution in [0.2, 0.25) is 0 Å². The van der Waals surface area contributed by atoms with Gasteiger partial charge in [0, 0.05) is 23.6 Å². The predicted octanol–water partition coefficient (Wildman–Crippen LogP) is 0.722. The Balaban J connectivity index is 1.25. The molecule has 4 aliphatic heterocycles. The van der Waals surface area contributed by atoms with Gasteiger partial charge in [-0.3, -0.25) is 4.79 Å². The minimum atomic E-state index is -1.56. The number of carbonyl (C=O) groups is 1. The van der Waals surface area contributed by atoms with Crippen molar-refractivity contribution in [1.29, 1.82) is 0 Å². The van der Waals surface area contributed by atoms with E-state index in [4.69, 9.17) is 33.2 Å². The van der Waals surface area contributed by atoms with Gasteiger partial charge >= 0.3 is 0 Å². The van der Waals surface area contributed by atoms with Crippen LogP contribution in [0.25, 0.3) is 0 Å². The molecule has 2 aromatic rings. The lowest BCUT2D eigenvalue weighted by molar-refractivity contribution is -0.329. The molecule has 1 saturated heterocycles. The number of fused-ring (bicyclic) bond motifs is 6. The number of methoxy groups -OCH3 is 2. The molecule has 4 N–H and O–H groups in total. The number of aliphatic hydroxyl groups excluding tert-OH is 4. The summed E-state index contributed by atoms with van der Waals surface area (Å²) in [5.74, 6) is 1.82. The van der Waals surface area contributed by atoms with Crippen LogP contribution in [0.1, 0.15) is 41.3 Å². The summed E-state index contributed by atoms with van der Waals surface area (Å²) in [6.07, 6.45) is -7.84. The molecule has 41 heavy (non-hydrogen) atoms. The molecule has 12 heteroatoms. The first kappa shape index (κ1) is 28.0. The van der Waals surface area contributed by atoms with Gasteiger partial charge in [-0.25, -0.2) is 0 Å². The zero-order valence-electron chi connectivity index (χ0n) is 23.1. The van der Waals surface area contributed by atoms with Crippen LogP contribution in [0.4, 0.5) is 0 Å². The normalized spacial score (nSPS) is 32.0. The van der Waals surface area contributed by atoms with Crippen LogP contribution in [0.5, 0.6) is 28.7 Å². The summed E-state index contributed by atoms with van der Waals surface area (Å²) in [6.45, 7) is 3.09. The molecule has 6 rings (SSSR count). The Labute approximate surface area is 236 Å². The van der Waals surface area contributed by atoms with E-state index < -0.39 is 61.0 Å². The summed E-state index contributed by atoms with van der Waals surface area (Å²) in [4.78, 5) is 13.9. The molecule has 12 nitrogen and oxygen atoms in total. The van der Waals surface area contributed by atoms with E-state index in [1.54, 1.807) is 38.1 Å². The number of benzene rings is 2. The van der Waals surface area contributed by atoms with Gasteiger partial charge in [0.15, 0.2) is 23.6 Å². The van der Waals surface area contributed by atoms with Gasteiger partial charge in [-0.2, -0.15) is 0 Å². The van der Waals surface area contributed by atoms with E-state index in [0.717, 1.165) is 0 Å². The van der Waals surface area contributed by atoms with Crippen molar-refractivity contribution in [3.8, 4) is 28.7 Å². The number of rotatable bonds is 6. The Bertz CT molecular complexity index is 1340. The third kappa shape index (κ3) is 4.49. The van der Waals surface area contributed by atoms with Crippen LogP contribution in [0, 0.1) is 0 Å². The van der Waals surface area contributed by atoms with E-state index in [-0.39, 0.29) is 12.4 Å². The highest BCUT2D eigenvalue weighted by molar-refractivity contribution is 6.06. The molecule has 0 amide bonds. The molecule has 0 radical (unpaired) electrons. The topological polar surface area (TPSA) is 163 Å². The molecular formula is C29H34O12. The Kier molecular flexibility index (Phi) is 7.04. The minimum Gasteiger partial charge on any atom is -0.493 e. The second kappa shape index (κ2) is 10.3. The molecule has 0 aromatic heterocycles. The smallest absolute Gasteiger partial charge is 0.187 e. The molecule has 4 heterocycles. The highest BCUT2D eigenvalue weighted by atomic mass is 16.7. The molecule has 2 aromatic carbocycles. The number of ether oxygens (including phenoxy) is 7. The minimum absolute atomic E-state index is 0.101. The van der Waals surface area contributed by atoms with Crippen LogP contribution >= 0.6 is 0 Å². The van der Waals surface area contributed by atoms with Gasteiger partial charge in [0.2, 0.25) is 0 Å². The molecule has 4 aliphatic rings. The van der Waals surface area contributed by atoms with Crippen molar-refractivity contribution in [2.24, 2.45) is 0 Å². The van der Waals surface area contributed by atoms with Gasteiger partial charge in [0.25, 0.3) is 0 Å². The molecule has 0 bridgehead atoms. The Morgan fingerprint density at radius 3 is 2.41 bits per heavy atom. The van der Waals surface area contributed by atoms with Gasteiger partial charge in [-0.05, 0) is 32.0 Å². The van der Waals surface area contributed by atoms with Gasteiger partial charge in [0.1, 0.15) is 66.1 Å². The zero-order valence-corrected chi connectivity index (χ0v) is 23.1. The van der Waals surface area contributed by atoms with Crippen LogP contribution in [0.3, 0.4) is 0 Å². The maximum Gasteiger partial charge on any atom is 0.187 e. The van der Waals surface area contributed by atoms with E-state index in [0.29, 0.717) is 51.9 Å². The lowest BCUT2D eigenvalue weighted by Gasteiger charge is -2.43. The van der Waals surface area contributed by atoms with Crippen LogP contribution in [-0.4, -0.2) is 102 Å². The molecule has 222 valence electrons. The molecular weight excluding hydrogens is 540 g/mol. The average Bonchev–Trinajstić information content (AvgIpc) is 3.42. The number of aliphatic hydroxyl groups is 4. The van der Waals surface area contributed by atoms with E-state index in [1.807, 2.05) is 0 Å². The second-order valence-electron chi connectivity index (χ2n) is 11.2. The number of ketones is 1. The average molecular weight is 575 g/mol. The van der Waals surface area contributed by atoms with Gasteiger partial charge in [0.05, 0.1) is 32.3 Å². The van der Waals surface area contributed by atoms with Crippen molar-refractivity contribution in [3.63, 3.8) is 0 Å². The van der Waals surface area contributed by atoms with Crippen molar-refractivity contribution in [1.82, 2.24) is 0 Å². The van der Waals surface area contributed by atoms with Crippen LogP contribution < -0.4 is 23.7 Å². The van der Waals surface area contributed by atoms with Crippen LogP contribution in [0.15, 0.2) is 24.3 Å². The highest BCUT2D eigenvalue weighted by Crippen LogP contribution is 2.50. The Hall–Kier alpha value is -3.13. The summed E-state index contributed by atoms with van der Waals surface area (Å²) in [6, 6.07) is 6.89. The SMILES string of the molecule is COc1cc2c(cc1OC)C1C(=O)c3ccc4c(c3OC1CO2)CC(C(C)(C)OC1OC(CO)C(O)C(O)C1O)O4. The maximum absolute atomic E-state index is 13.9. The van der Waals surface area contributed by atoms with E-state index in [1.165, 1.54) is 14.2 Å². The molecule has 1 fully saturated rings. The van der Waals surface area contributed by atoms with E-state index >= 15 is 0 Å². The van der Waals surface area contributed by atoms with Crippen molar-refractivity contribution < 1.29 is 58.4 Å². The summed E-state index contributed by atoms with van der Waals surface area (Å²) < 4.78 is 41.0. The number of hydrogen-bond acceptors (Lipinski definition) is 12. The van der Waals surface area contributed by atoms with E-state index in [9.17, 15) is 25.2 Å². The highest BCUT2D eigenvalue weighted by Gasteiger charge is 2.50. The first-order valence-corrected chi connectivity index (χ1v) is 13.5. The lowest BCUT2D eigenvalue weighted by Crippen LogP contribution is -2.61. The zero-order chi connectivity index (χ0) is 29.2. The van der Waals surface area contributed by atoms with E-state index in [2.05, 4.69) is 0 Å². The third-order valence-electron chi connectivity index (χ3n) is 8.36. The lowest BCUT2D eigenvalue weighted by atomic mass is 9.81. The van der Waals surface area contributed by atoms with Crippen molar-refractivity contribution in [2.45, 2.75) is 74.7 Å². The van der Waals surface area contributed by atoms with Crippen LogP contribution in [-0.2, 0) is 15.9 Å². The number of hydrogen-bond donors (Lipinski definition) is 4. The fourth-order valence-electron chi connectivity index (χ4n) is 5.99. The molecule has 8 unspecified atom stereocenters. The molecule has 0 aliphatic carbocycles. The summed E-state index contributed by atoms with van der Waals surface area (Å²) in [5, 5.41) is 40.2. The first-order chi connectivity index (χ1) is 19.6.